The quantitative estimate of drug-likeness (QED) is 0.188. The lowest BCUT2D eigenvalue weighted by molar-refractivity contribution is 0.670. The molecule has 5 heteroatoms. The van der Waals surface area contributed by atoms with E-state index >= 15 is 0 Å². The van der Waals surface area contributed by atoms with Crippen LogP contribution < -0.4 is 0 Å². The molecule has 234 valence electrons. The van der Waals surface area contributed by atoms with Gasteiger partial charge in [-0.05, 0) is 48.0 Å². The minimum Gasteiger partial charge on any atom is -0.455 e. The average molecular weight is 641 g/mol. The van der Waals surface area contributed by atoms with Gasteiger partial charge in [0.25, 0.3) is 0 Å². The first kappa shape index (κ1) is 28.2. The van der Waals surface area contributed by atoms with E-state index in [-0.39, 0.29) is 0 Å². The second kappa shape index (κ2) is 11.4. The lowest BCUT2D eigenvalue weighted by atomic mass is 10.0. The number of hydrogen-bond donors (Lipinski definition) is 0. The maximum Gasteiger partial charge on any atom is 0.164 e. The van der Waals surface area contributed by atoms with Gasteiger partial charge in [0, 0.05) is 49.5 Å². The summed E-state index contributed by atoms with van der Waals surface area (Å²) in [4.78, 5) is 14.8. The van der Waals surface area contributed by atoms with E-state index in [1.165, 1.54) is 16.3 Å². The van der Waals surface area contributed by atoms with Crippen molar-refractivity contribution in [3.8, 4) is 51.0 Å². The van der Waals surface area contributed by atoms with E-state index in [2.05, 4.69) is 102 Å². The second-order valence-electron chi connectivity index (χ2n) is 12.5. The monoisotopic (exact) mass is 640 g/mol. The third-order valence-corrected chi connectivity index (χ3v) is 9.45. The molecule has 0 bridgehead atoms. The Kier molecular flexibility index (Phi) is 6.42. The van der Waals surface area contributed by atoms with Crippen molar-refractivity contribution in [2.75, 3.05) is 0 Å². The van der Waals surface area contributed by atoms with Crippen molar-refractivity contribution in [3.05, 3.63) is 170 Å². The van der Waals surface area contributed by atoms with Crippen LogP contribution in [-0.4, -0.2) is 19.5 Å². The molecule has 0 fully saturated rings. The lowest BCUT2D eigenvalue weighted by Crippen LogP contribution is -2.00. The predicted octanol–water partition coefficient (Wildman–Crippen LogP) is 11.5. The van der Waals surface area contributed by atoms with Crippen LogP contribution in [0.2, 0.25) is 0 Å². The summed E-state index contributed by atoms with van der Waals surface area (Å²) >= 11 is 0. The summed E-state index contributed by atoms with van der Waals surface area (Å²) in [7, 11) is 0. The van der Waals surface area contributed by atoms with Gasteiger partial charge in [-0.2, -0.15) is 0 Å². The van der Waals surface area contributed by atoms with E-state index in [0.29, 0.717) is 17.5 Å². The van der Waals surface area contributed by atoms with Gasteiger partial charge in [0.05, 0.1) is 11.0 Å². The van der Waals surface area contributed by atoms with Crippen LogP contribution in [0.4, 0.5) is 0 Å². The molecule has 0 unspecified atom stereocenters. The van der Waals surface area contributed by atoms with Crippen LogP contribution in [0.25, 0.3) is 94.7 Å². The first-order valence-electron chi connectivity index (χ1n) is 16.7. The third-order valence-electron chi connectivity index (χ3n) is 9.45. The van der Waals surface area contributed by atoms with Gasteiger partial charge < -0.3 is 8.98 Å². The van der Waals surface area contributed by atoms with E-state index in [4.69, 9.17) is 19.4 Å². The van der Waals surface area contributed by atoms with Crippen molar-refractivity contribution in [2.24, 2.45) is 0 Å². The Bertz CT molecular complexity index is 2800. The molecule has 7 aromatic carbocycles. The second-order valence-corrected chi connectivity index (χ2v) is 12.5. The summed E-state index contributed by atoms with van der Waals surface area (Å²) in [6, 6.07) is 58.6. The van der Waals surface area contributed by atoms with Crippen LogP contribution >= 0.6 is 0 Å². The fraction of sp³-hybridized carbons (Fsp3) is 0. The Morgan fingerprint density at radius 3 is 1.68 bits per heavy atom. The SMILES string of the molecule is c1ccc(-c2nc(-c3ccccc3)nc(-c3ccc4oc5c(-c6ccc7c8ccccc8n(-c8ccccc8)c7c6)cccc5c4c3)n2)cc1. The number of rotatable bonds is 5. The average Bonchev–Trinajstić information content (AvgIpc) is 3.74. The number of furan rings is 1. The van der Waals surface area contributed by atoms with Gasteiger partial charge in [-0.3, -0.25) is 0 Å². The largest absolute Gasteiger partial charge is 0.455 e. The summed E-state index contributed by atoms with van der Waals surface area (Å²) in [6.45, 7) is 0. The van der Waals surface area contributed by atoms with Crippen LogP contribution in [0.1, 0.15) is 0 Å². The molecule has 0 radical (unpaired) electrons. The molecule has 0 saturated carbocycles. The molecule has 0 N–H and O–H groups in total. The Hall–Kier alpha value is -6.85. The van der Waals surface area contributed by atoms with Crippen molar-refractivity contribution < 1.29 is 4.42 Å². The van der Waals surface area contributed by atoms with Gasteiger partial charge in [-0.1, -0.05) is 127 Å². The van der Waals surface area contributed by atoms with Crippen molar-refractivity contribution in [3.63, 3.8) is 0 Å². The fourth-order valence-corrected chi connectivity index (χ4v) is 7.10. The molecule has 5 nitrogen and oxygen atoms in total. The van der Waals surface area contributed by atoms with Gasteiger partial charge in [-0.15, -0.1) is 0 Å². The van der Waals surface area contributed by atoms with Crippen LogP contribution in [0.15, 0.2) is 174 Å². The van der Waals surface area contributed by atoms with Crippen molar-refractivity contribution in [1.82, 2.24) is 19.5 Å². The summed E-state index contributed by atoms with van der Waals surface area (Å²) in [5.74, 6) is 1.89. The van der Waals surface area contributed by atoms with Crippen molar-refractivity contribution in [2.45, 2.75) is 0 Å². The molecule has 3 aromatic heterocycles. The molecule has 0 aliphatic rings. The molecular weight excluding hydrogens is 613 g/mol. The third kappa shape index (κ3) is 4.60. The van der Waals surface area contributed by atoms with E-state index in [1.54, 1.807) is 0 Å². The molecule has 0 spiro atoms. The van der Waals surface area contributed by atoms with Crippen LogP contribution in [-0.2, 0) is 0 Å². The van der Waals surface area contributed by atoms with Crippen LogP contribution in [0.3, 0.4) is 0 Å². The van der Waals surface area contributed by atoms with E-state index in [1.807, 2.05) is 72.8 Å². The van der Waals surface area contributed by atoms with E-state index in [9.17, 15) is 0 Å². The van der Waals surface area contributed by atoms with E-state index in [0.717, 1.165) is 61.0 Å². The van der Waals surface area contributed by atoms with Crippen LogP contribution in [0, 0.1) is 0 Å². The highest BCUT2D eigenvalue weighted by atomic mass is 16.3. The number of hydrogen-bond acceptors (Lipinski definition) is 4. The Morgan fingerprint density at radius 1 is 0.380 bits per heavy atom. The molecule has 50 heavy (non-hydrogen) atoms. The highest BCUT2D eigenvalue weighted by Crippen LogP contribution is 2.40. The summed E-state index contributed by atoms with van der Waals surface area (Å²) in [5, 5.41) is 4.51. The Morgan fingerprint density at radius 2 is 0.960 bits per heavy atom. The van der Waals surface area contributed by atoms with Gasteiger partial charge in [0.1, 0.15) is 11.2 Å². The van der Waals surface area contributed by atoms with Crippen molar-refractivity contribution >= 4 is 43.7 Å². The highest BCUT2D eigenvalue weighted by Gasteiger charge is 2.18. The zero-order valence-electron chi connectivity index (χ0n) is 26.9. The van der Waals surface area contributed by atoms with Crippen LogP contribution in [0.5, 0.6) is 0 Å². The first-order valence-corrected chi connectivity index (χ1v) is 16.7. The Labute approximate surface area is 287 Å². The minimum atomic E-state index is 0.615. The number of nitrogens with zero attached hydrogens (tertiary/aromatic N) is 4. The van der Waals surface area contributed by atoms with Crippen molar-refractivity contribution in [1.29, 1.82) is 0 Å². The molecule has 0 saturated heterocycles. The predicted molar refractivity (Wildman–Crippen MR) is 203 cm³/mol. The normalized spacial score (nSPS) is 11.6. The highest BCUT2D eigenvalue weighted by molar-refractivity contribution is 6.13. The number of fused-ring (bicyclic) bond motifs is 6. The van der Waals surface area contributed by atoms with Gasteiger partial charge in [0.2, 0.25) is 0 Å². The molecule has 0 aliphatic heterocycles. The molecule has 10 rings (SSSR count). The molecule has 3 heterocycles. The molecular formula is C45H28N4O. The van der Waals surface area contributed by atoms with E-state index < -0.39 is 0 Å². The van der Waals surface area contributed by atoms with Gasteiger partial charge >= 0.3 is 0 Å². The summed E-state index contributed by atoms with van der Waals surface area (Å²) in [5.41, 5.74) is 10.1. The summed E-state index contributed by atoms with van der Waals surface area (Å²) in [6.07, 6.45) is 0. The Balaban J connectivity index is 1.14. The number of benzene rings is 7. The zero-order valence-corrected chi connectivity index (χ0v) is 26.9. The number of para-hydroxylation sites is 3. The molecule has 0 amide bonds. The van der Waals surface area contributed by atoms with Gasteiger partial charge in [0.15, 0.2) is 17.5 Å². The molecule has 10 aromatic rings. The minimum absolute atomic E-state index is 0.615. The maximum atomic E-state index is 6.64. The fourth-order valence-electron chi connectivity index (χ4n) is 7.10. The smallest absolute Gasteiger partial charge is 0.164 e. The lowest BCUT2D eigenvalue weighted by Gasteiger charge is -2.09. The first-order chi connectivity index (χ1) is 24.8. The zero-order chi connectivity index (χ0) is 33.0. The molecule has 0 atom stereocenters. The molecule has 0 aliphatic carbocycles. The summed E-state index contributed by atoms with van der Waals surface area (Å²) < 4.78 is 8.99. The van der Waals surface area contributed by atoms with Gasteiger partial charge in [-0.25, -0.2) is 15.0 Å². The maximum absolute atomic E-state index is 6.64. The number of aromatic nitrogens is 4. The standard InChI is InChI=1S/C45H28N4O/c1-4-13-29(14-5-1)43-46-44(30-15-6-2-7-16-30)48-45(47-43)32-24-26-41-38(27-32)37-21-12-20-34(42(37)50-41)31-23-25-36-35-19-10-11-22-39(35)49(40(36)28-31)33-17-8-3-9-18-33/h1-28H. The topological polar surface area (TPSA) is 56.7 Å².